The van der Waals surface area contributed by atoms with E-state index in [9.17, 15) is 4.79 Å². The molecule has 4 heterocycles. The molecule has 0 spiro atoms. The van der Waals surface area contributed by atoms with Gasteiger partial charge in [-0.25, -0.2) is 5.01 Å². The first-order valence-electron chi connectivity index (χ1n) is 12.2. The van der Waals surface area contributed by atoms with E-state index in [1.165, 1.54) is 19.3 Å². The van der Waals surface area contributed by atoms with Crippen LogP contribution in [0.3, 0.4) is 0 Å². The third-order valence-corrected chi connectivity index (χ3v) is 8.10. The van der Waals surface area contributed by atoms with Crippen LogP contribution in [0.5, 0.6) is 0 Å². The van der Waals surface area contributed by atoms with E-state index in [-0.39, 0.29) is 24.2 Å². The maximum atomic E-state index is 12.3. The van der Waals surface area contributed by atoms with Gasteiger partial charge in [0.1, 0.15) is 6.23 Å². The number of likely N-dealkylation sites (tertiary alicyclic amines) is 1. The lowest BCUT2D eigenvalue weighted by Crippen LogP contribution is -2.51. The van der Waals surface area contributed by atoms with Crippen LogP contribution in [-0.4, -0.2) is 73.1 Å². The van der Waals surface area contributed by atoms with Crippen molar-refractivity contribution in [3.63, 3.8) is 0 Å². The van der Waals surface area contributed by atoms with Crippen molar-refractivity contribution in [2.75, 3.05) is 32.8 Å². The van der Waals surface area contributed by atoms with Gasteiger partial charge in [-0.05, 0) is 50.4 Å². The molecular weight excluding hydrogens is 382 g/mol. The Morgan fingerprint density at radius 1 is 1.03 bits per heavy atom. The lowest BCUT2D eigenvalue weighted by Gasteiger charge is -2.39. The summed E-state index contributed by atoms with van der Waals surface area (Å²) in [4.78, 5) is 20.4. The summed E-state index contributed by atoms with van der Waals surface area (Å²) in [5, 5.41) is 6.28. The second-order valence-corrected chi connectivity index (χ2v) is 10.3. The first-order chi connectivity index (χ1) is 14.6. The van der Waals surface area contributed by atoms with Crippen molar-refractivity contribution < 1.29 is 14.4 Å². The van der Waals surface area contributed by atoms with Gasteiger partial charge in [-0.15, -0.1) is 0 Å². The molecule has 0 bridgehead atoms. The molecule has 170 valence electrons. The first-order valence-corrected chi connectivity index (χ1v) is 12.2. The molecule has 1 amide bonds. The minimum absolute atomic E-state index is 0.0903. The van der Waals surface area contributed by atoms with E-state index in [1.807, 2.05) is 18.7 Å². The quantitative estimate of drug-likeness (QED) is 0.626. The summed E-state index contributed by atoms with van der Waals surface area (Å²) in [5.41, 5.74) is 6.98. The van der Waals surface area contributed by atoms with Crippen LogP contribution in [-0.2, 0) is 14.4 Å². The average Bonchev–Trinajstić information content (AvgIpc) is 3.52. The second-order valence-electron chi connectivity index (χ2n) is 10.3. The van der Waals surface area contributed by atoms with E-state index in [2.05, 4.69) is 21.2 Å². The van der Waals surface area contributed by atoms with Gasteiger partial charge in [-0.1, -0.05) is 13.8 Å². The molecule has 5 unspecified atom stereocenters. The van der Waals surface area contributed by atoms with Crippen LogP contribution in [0.25, 0.3) is 0 Å². The summed E-state index contributed by atoms with van der Waals surface area (Å²) in [5.74, 6) is 2.19. The number of hydrazine groups is 1. The highest BCUT2D eigenvalue weighted by Gasteiger charge is 2.46. The first kappa shape index (κ1) is 21.1. The topological polar surface area (TPSA) is 78.1 Å². The second kappa shape index (κ2) is 9.00. The predicted molar refractivity (Wildman–Crippen MR) is 113 cm³/mol. The highest BCUT2D eigenvalue weighted by Crippen LogP contribution is 2.39. The molecule has 6 atom stereocenters. The van der Waals surface area contributed by atoms with Crippen LogP contribution in [0.2, 0.25) is 0 Å². The maximum Gasteiger partial charge on any atom is 0.225 e. The van der Waals surface area contributed by atoms with Crippen molar-refractivity contribution in [3.05, 3.63) is 0 Å². The molecule has 5 aliphatic rings. The van der Waals surface area contributed by atoms with Crippen LogP contribution >= 0.6 is 0 Å². The molecule has 4 aliphatic heterocycles. The van der Waals surface area contributed by atoms with E-state index in [4.69, 9.17) is 9.57 Å². The minimum Gasteiger partial charge on any atom is -0.380 e. The van der Waals surface area contributed by atoms with Gasteiger partial charge in [0.25, 0.3) is 0 Å². The SMILES string of the molecule is CC(C)C(=O)N1CCC(C2NOC(C3CCC4CNN([C@H]5CCOC5)C4C3)N2)CC1. The number of nitrogens with one attached hydrogen (secondary N) is 3. The van der Waals surface area contributed by atoms with Crippen molar-refractivity contribution in [3.8, 4) is 0 Å². The monoisotopic (exact) mass is 421 g/mol. The number of carbonyl (C=O) groups excluding carboxylic acids is 1. The van der Waals surface area contributed by atoms with Crippen LogP contribution in [0, 0.1) is 23.7 Å². The Bertz CT molecular complexity index is 606. The summed E-state index contributed by atoms with van der Waals surface area (Å²) in [7, 11) is 0. The van der Waals surface area contributed by atoms with E-state index in [0.717, 1.165) is 58.0 Å². The standard InChI is InChI=1S/C22H39N5O3/c1-14(2)22(28)26-8-5-15(6-9-26)20-24-21(30-25-20)16-3-4-17-12-23-27(19(17)11-16)18-7-10-29-13-18/h14-21,23-25H,3-13H2,1-2H3/t16?,17?,18-,19?,20?,21?/m0/s1. The molecule has 0 aromatic carbocycles. The number of fused-ring (bicyclic) bond motifs is 1. The Labute approximate surface area is 180 Å². The average molecular weight is 422 g/mol. The fourth-order valence-corrected chi connectivity index (χ4v) is 6.25. The third kappa shape index (κ3) is 4.14. The zero-order valence-corrected chi connectivity index (χ0v) is 18.5. The number of hydrogen-bond acceptors (Lipinski definition) is 7. The summed E-state index contributed by atoms with van der Waals surface area (Å²) in [6.45, 7) is 8.57. The Morgan fingerprint density at radius 2 is 1.83 bits per heavy atom. The van der Waals surface area contributed by atoms with Gasteiger partial charge in [-0.3, -0.25) is 20.4 Å². The lowest BCUT2D eigenvalue weighted by atomic mass is 9.77. The molecule has 4 saturated heterocycles. The summed E-state index contributed by atoms with van der Waals surface area (Å²) in [6, 6.07) is 1.13. The van der Waals surface area contributed by atoms with Gasteiger partial charge in [0, 0.05) is 44.1 Å². The molecule has 8 heteroatoms. The van der Waals surface area contributed by atoms with Crippen molar-refractivity contribution in [2.45, 2.75) is 76.8 Å². The molecule has 0 aromatic heterocycles. The van der Waals surface area contributed by atoms with E-state index < -0.39 is 0 Å². The Morgan fingerprint density at radius 3 is 2.57 bits per heavy atom. The van der Waals surface area contributed by atoms with E-state index in [1.54, 1.807) is 0 Å². The number of ether oxygens (including phenoxy) is 1. The molecule has 30 heavy (non-hydrogen) atoms. The van der Waals surface area contributed by atoms with Gasteiger partial charge in [0.05, 0.1) is 18.8 Å². The Hall–Kier alpha value is -0.770. The summed E-state index contributed by atoms with van der Waals surface area (Å²) < 4.78 is 5.64. The Balaban J connectivity index is 1.13. The van der Waals surface area contributed by atoms with Gasteiger partial charge < -0.3 is 9.64 Å². The van der Waals surface area contributed by atoms with Gasteiger partial charge >= 0.3 is 0 Å². The summed E-state index contributed by atoms with van der Waals surface area (Å²) in [6.07, 6.45) is 7.18. The number of amides is 1. The molecule has 0 aromatic rings. The number of piperidine rings is 1. The van der Waals surface area contributed by atoms with Crippen molar-refractivity contribution in [1.82, 2.24) is 26.1 Å². The van der Waals surface area contributed by atoms with Crippen LogP contribution < -0.4 is 16.2 Å². The minimum atomic E-state index is 0.0903. The highest BCUT2D eigenvalue weighted by atomic mass is 16.7. The molecule has 5 rings (SSSR count). The Kier molecular flexibility index (Phi) is 6.33. The smallest absolute Gasteiger partial charge is 0.225 e. The molecule has 3 N–H and O–H groups in total. The third-order valence-electron chi connectivity index (χ3n) is 8.10. The molecule has 5 fully saturated rings. The van der Waals surface area contributed by atoms with Gasteiger partial charge in [0.2, 0.25) is 5.91 Å². The molecule has 8 nitrogen and oxygen atoms in total. The van der Waals surface area contributed by atoms with E-state index >= 15 is 0 Å². The molecular formula is C22H39N5O3. The van der Waals surface area contributed by atoms with Crippen LogP contribution in [0.4, 0.5) is 0 Å². The molecule has 1 saturated carbocycles. The number of hydroxylamine groups is 1. The van der Waals surface area contributed by atoms with E-state index in [0.29, 0.717) is 23.9 Å². The van der Waals surface area contributed by atoms with Crippen molar-refractivity contribution in [2.24, 2.45) is 23.7 Å². The zero-order chi connectivity index (χ0) is 20.7. The number of carbonyl (C=O) groups is 1. The zero-order valence-electron chi connectivity index (χ0n) is 18.5. The lowest BCUT2D eigenvalue weighted by molar-refractivity contribution is -0.136. The fraction of sp³-hybridized carbons (Fsp3) is 0.955. The van der Waals surface area contributed by atoms with Crippen molar-refractivity contribution in [1.29, 1.82) is 0 Å². The van der Waals surface area contributed by atoms with Gasteiger partial charge in [0.15, 0.2) is 0 Å². The number of hydrogen-bond donors (Lipinski definition) is 3. The van der Waals surface area contributed by atoms with Crippen LogP contribution in [0.1, 0.15) is 52.4 Å². The van der Waals surface area contributed by atoms with Gasteiger partial charge in [-0.2, -0.15) is 5.48 Å². The maximum absolute atomic E-state index is 12.3. The molecule has 0 radical (unpaired) electrons. The normalized spacial score (nSPS) is 41.0. The largest absolute Gasteiger partial charge is 0.380 e. The van der Waals surface area contributed by atoms with Crippen molar-refractivity contribution >= 4 is 5.91 Å². The molecule has 1 aliphatic carbocycles. The fourth-order valence-electron chi connectivity index (χ4n) is 6.25. The highest BCUT2D eigenvalue weighted by molar-refractivity contribution is 5.78. The summed E-state index contributed by atoms with van der Waals surface area (Å²) >= 11 is 0. The van der Waals surface area contributed by atoms with Crippen LogP contribution in [0.15, 0.2) is 0 Å². The number of rotatable bonds is 4. The number of nitrogens with zero attached hydrogens (tertiary/aromatic N) is 2. The predicted octanol–water partition coefficient (Wildman–Crippen LogP) is 1.05.